The van der Waals surface area contributed by atoms with E-state index in [9.17, 15) is 4.79 Å². The highest BCUT2D eigenvalue weighted by Gasteiger charge is 2.06. The van der Waals surface area contributed by atoms with E-state index in [2.05, 4.69) is 20.6 Å². The van der Waals surface area contributed by atoms with Crippen LogP contribution in [0.2, 0.25) is 0 Å². The highest BCUT2D eigenvalue weighted by molar-refractivity contribution is 5.99. The van der Waals surface area contributed by atoms with Gasteiger partial charge in [-0.25, -0.2) is 9.78 Å². The number of hydrogen-bond acceptors (Lipinski definition) is 2. The number of urea groups is 1. The van der Waals surface area contributed by atoms with Crippen LogP contribution < -0.4 is 10.6 Å². The largest absolute Gasteiger partial charge is 0.338 e. The van der Waals surface area contributed by atoms with E-state index < -0.39 is 0 Å². The third-order valence-electron chi connectivity index (χ3n) is 4.08. The van der Waals surface area contributed by atoms with Crippen LogP contribution in [0.3, 0.4) is 0 Å². The third-order valence-corrected chi connectivity index (χ3v) is 4.08. The number of carbonyl (C=O) groups is 1. The summed E-state index contributed by atoms with van der Waals surface area (Å²) < 4.78 is 0. The minimum Gasteiger partial charge on any atom is -0.338 e. The fourth-order valence-corrected chi connectivity index (χ4v) is 2.82. The van der Waals surface area contributed by atoms with Gasteiger partial charge < -0.3 is 15.6 Å². The number of nitrogens with one attached hydrogen (secondary N) is 3. The van der Waals surface area contributed by atoms with Gasteiger partial charge in [0.25, 0.3) is 0 Å². The average molecular weight is 342 g/mol. The molecule has 5 heteroatoms. The first-order chi connectivity index (χ1) is 12.7. The summed E-state index contributed by atoms with van der Waals surface area (Å²) in [5, 5.41) is 5.66. The van der Waals surface area contributed by atoms with Gasteiger partial charge in [-0.15, -0.1) is 0 Å². The number of aromatic nitrogens is 2. The number of aryl methyl sites for hydroxylation is 1. The van der Waals surface area contributed by atoms with Crippen molar-refractivity contribution in [1.82, 2.24) is 9.97 Å². The van der Waals surface area contributed by atoms with E-state index in [1.165, 1.54) is 0 Å². The molecule has 0 aliphatic heterocycles. The summed E-state index contributed by atoms with van der Waals surface area (Å²) in [5.74, 6) is 0.807. The lowest BCUT2D eigenvalue weighted by Gasteiger charge is -2.08. The minimum absolute atomic E-state index is 0.271. The Morgan fingerprint density at radius 1 is 0.885 bits per heavy atom. The predicted octanol–water partition coefficient (Wildman–Crippen LogP) is 5.18. The van der Waals surface area contributed by atoms with Crippen molar-refractivity contribution >= 4 is 28.4 Å². The molecule has 0 saturated carbocycles. The number of rotatable bonds is 3. The maximum atomic E-state index is 12.1. The van der Waals surface area contributed by atoms with Crippen LogP contribution >= 0.6 is 0 Å². The second-order valence-corrected chi connectivity index (χ2v) is 6.13. The monoisotopic (exact) mass is 342 g/mol. The molecule has 3 aromatic carbocycles. The van der Waals surface area contributed by atoms with E-state index in [0.29, 0.717) is 0 Å². The Balaban J connectivity index is 1.46. The van der Waals surface area contributed by atoms with Gasteiger partial charge in [0.1, 0.15) is 5.82 Å². The van der Waals surface area contributed by atoms with Gasteiger partial charge in [-0.2, -0.15) is 0 Å². The van der Waals surface area contributed by atoms with Crippen LogP contribution in [0.25, 0.3) is 22.4 Å². The highest BCUT2D eigenvalue weighted by atomic mass is 16.2. The van der Waals surface area contributed by atoms with Crippen molar-refractivity contribution in [2.75, 3.05) is 10.6 Å². The van der Waals surface area contributed by atoms with Gasteiger partial charge in [0.15, 0.2) is 0 Å². The van der Waals surface area contributed by atoms with Crippen molar-refractivity contribution in [3.8, 4) is 11.4 Å². The molecule has 26 heavy (non-hydrogen) atoms. The molecule has 0 atom stereocenters. The zero-order chi connectivity index (χ0) is 17.9. The summed E-state index contributed by atoms with van der Waals surface area (Å²) >= 11 is 0. The van der Waals surface area contributed by atoms with Crippen molar-refractivity contribution in [2.45, 2.75) is 6.92 Å². The lowest BCUT2D eigenvalue weighted by Crippen LogP contribution is -2.19. The molecular formula is C21H18N4O. The van der Waals surface area contributed by atoms with E-state index in [0.717, 1.165) is 39.4 Å². The molecule has 0 aliphatic carbocycles. The summed E-state index contributed by atoms with van der Waals surface area (Å²) in [6.07, 6.45) is 0. The second-order valence-electron chi connectivity index (χ2n) is 6.13. The molecule has 0 unspecified atom stereocenters. The number of imidazole rings is 1. The lowest BCUT2D eigenvalue weighted by atomic mass is 10.2. The molecule has 5 nitrogen and oxygen atoms in total. The number of hydrogen-bond donors (Lipinski definition) is 3. The maximum absolute atomic E-state index is 12.1. The summed E-state index contributed by atoms with van der Waals surface area (Å²) in [4.78, 5) is 20.0. The predicted molar refractivity (Wildman–Crippen MR) is 105 cm³/mol. The van der Waals surface area contributed by atoms with Crippen LogP contribution in [-0.4, -0.2) is 16.0 Å². The van der Waals surface area contributed by atoms with E-state index in [1.807, 2.05) is 79.7 Å². The number of benzene rings is 3. The molecule has 0 saturated heterocycles. The number of fused-ring (bicyclic) bond motifs is 1. The van der Waals surface area contributed by atoms with Gasteiger partial charge >= 0.3 is 6.03 Å². The first-order valence-electron chi connectivity index (χ1n) is 8.37. The topological polar surface area (TPSA) is 69.8 Å². The number of nitrogens with zero attached hydrogens (tertiary/aromatic N) is 1. The van der Waals surface area contributed by atoms with Gasteiger partial charge in [0, 0.05) is 16.9 Å². The Morgan fingerprint density at radius 3 is 2.42 bits per heavy atom. The van der Waals surface area contributed by atoms with Gasteiger partial charge in [0.2, 0.25) is 0 Å². The molecule has 0 spiro atoms. The molecule has 0 aliphatic rings. The average Bonchev–Trinajstić information content (AvgIpc) is 3.06. The number of H-pyrrole nitrogens is 1. The molecule has 3 N–H and O–H groups in total. The first-order valence-corrected chi connectivity index (χ1v) is 8.37. The van der Waals surface area contributed by atoms with Crippen molar-refractivity contribution in [2.24, 2.45) is 0 Å². The summed E-state index contributed by atoms with van der Waals surface area (Å²) in [6.45, 7) is 1.99. The first kappa shape index (κ1) is 15.9. The van der Waals surface area contributed by atoms with Crippen LogP contribution in [0.4, 0.5) is 16.2 Å². The quantitative estimate of drug-likeness (QED) is 0.480. The van der Waals surface area contributed by atoms with Crippen molar-refractivity contribution in [3.63, 3.8) is 0 Å². The highest BCUT2D eigenvalue weighted by Crippen LogP contribution is 2.22. The Bertz CT molecular complexity index is 1030. The Hall–Kier alpha value is -3.60. The van der Waals surface area contributed by atoms with E-state index in [4.69, 9.17) is 0 Å². The van der Waals surface area contributed by atoms with E-state index in [-0.39, 0.29) is 6.03 Å². The Labute approximate surface area is 151 Å². The SMILES string of the molecule is Cc1cccc(NC(=O)Nc2ccc(-c3nc4ccccc4[nH]3)cc2)c1. The van der Waals surface area contributed by atoms with Crippen LogP contribution in [0.15, 0.2) is 72.8 Å². The molecule has 2 amide bonds. The van der Waals surface area contributed by atoms with Gasteiger partial charge in [-0.05, 0) is 61.0 Å². The van der Waals surface area contributed by atoms with E-state index in [1.54, 1.807) is 0 Å². The zero-order valence-electron chi connectivity index (χ0n) is 14.3. The maximum Gasteiger partial charge on any atom is 0.323 e. The van der Waals surface area contributed by atoms with Crippen LogP contribution in [0, 0.1) is 6.92 Å². The molecule has 1 heterocycles. The standard InChI is InChI=1S/C21H18N4O/c1-14-5-4-6-17(13-14)23-21(26)22-16-11-9-15(10-12-16)20-24-18-7-2-3-8-19(18)25-20/h2-13H,1H3,(H,24,25)(H2,22,23,26). The van der Waals surface area contributed by atoms with Crippen LogP contribution in [-0.2, 0) is 0 Å². The lowest BCUT2D eigenvalue weighted by molar-refractivity contribution is 0.262. The summed E-state index contributed by atoms with van der Waals surface area (Å²) in [7, 11) is 0. The number of amides is 2. The Morgan fingerprint density at radius 2 is 1.65 bits per heavy atom. The molecule has 0 radical (unpaired) electrons. The van der Waals surface area contributed by atoms with Crippen molar-refractivity contribution < 1.29 is 4.79 Å². The number of para-hydroxylation sites is 2. The molecule has 128 valence electrons. The Kier molecular flexibility index (Phi) is 4.11. The minimum atomic E-state index is -0.271. The third kappa shape index (κ3) is 3.42. The van der Waals surface area contributed by atoms with Crippen LogP contribution in [0.5, 0.6) is 0 Å². The van der Waals surface area contributed by atoms with Crippen molar-refractivity contribution in [1.29, 1.82) is 0 Å². The molecule has 4 aromatic rings. The van der Waals surface area contributed by atoms with Gasteiger partial charge in [0.05, 0.1) is 11.0 Å². The molecule has 4 rings (SSSR count). The van der Waals surface area contributed by atoms with Crippen LogP contribution in [0.1, 0.15) is 5.56 Å². The fourth-order valence-electron chi connectivity index (χ4n) is 2.82. The molecular weight excluding hydrogens is 324 g/mol. The number of anilines is 2. The summed E-state index contributed by atoms with van der Waals surface area (Å²) in [6, 6.07) is 22.9. The molecule has 0 fully saturated rings. The second kappa shape index (κ2) is 6.72. The molecule has 0 bridgehead atoms. The smallest absolute Gasteiger partial charge is 0.323 e. The zero-order valence-corrected chi connectivity index (χ0v) is 14.3. The van der Waals surface area contributed by atoms with Gasteiger partial charge in [-0.1, -0.05) is 24.3 Å². The normalized spacial score (nSPS) is 10.7. The van der Waals surface area contributed by atoms with Crippen molar-refractivity contribution in [3.05, 3.63) is 78.4 Å². The summed E-state index contributed by atoms with van der Waals surface area (Å²) in [5.41, 5.74) is 5.48. The van der Waals surface area contributed by atoms with Gasteiger partial charge in [-0.3, -0.25) is 0 Å². The molecule has 1 aromatic heterocycles. The number of aromatic amines is 1. The van der Waals surface area contributed by atoms with E-state index >= 15 is 0 Å². The fraction of sp³-hybridized carbons (Fsp3) is 0.0476. The number of carbonyl (C=O) groups excluding carboxylic acids is 1.